The highest BCUT2D eigenvalue weighted by atomic mass is 16.2. The zero-order valence-electron chi connectivity index (χ0n) is 8.63. The molecule has 0 heterocycles. The van der Waals surface area contributed by atoms with Crippen molar-refractivity contribution in [2.24, 2.45) is 5.73 Å². The van der Waals surface area contributed by atoms with E-state index in [0.717, 1.165) is 11.1 Å². The van der Waals surface area contributed by atoms with Gasteiger partial charge in [0, 0.05) is 5.56 Å². The molecule has 0 radical (unpaired) electrons. The zero-order valence-corrected chi connectivity index (χ0v) is 8.63. The van der Waals surface area contributed by atoms with Crippen molar-refractivity contribution < 1.29 is 9.59 Å². The number of rotatable bonds is 1. The summed E-state index contributed by atoms with van der Waals surface area (Å²) in [7, 11) is 0. The maximum absolute atomic E-state index is 11.5. The van der Waals surface area contributed by atoms with E-state index in [2.05, 4.69) is 5.43 Å². The lowest BCUT2D eigenvalue weighted by Gasteiger charge is -2.08. The Labute approximate surface area is 87.6 Å². The summed E-state index contributed by atoms with van der Waals surface area (Å²) in [6.45, 7) is 3.75. The highest BCUT2D eigenvalue weighted by Crippen LogP contribution is 2.11. The third kappa shape index (κ3) is 2.70. The van der Waals surface area contributed by atoms with Gasteiger partial charge in [0.05, 0.1) is 0 Å². The van der Waals surface area contributed by atoms with Crippen LogP contribution >= 0.6 is 0 Å². The highest BCUT2D eigenvalue weighted by molar-refractivity contribution is 5.96. The first-order chi connectivity index (χ1) is 7.02. The molecule has 0 fully saturated rings. The Morgan fingerprint density at radius 2 is 1.87 bits per heavy atom. The first kappa shape index (κ1) is 11.0. The molecule has 5 nitrogen and oxygen atoms in total. The van der Waals surface area contributed by atoms with E-state index in [1.165, 1.54) is 0 Å². The van der Waals surface area contributed by atoms with Crippen molar-refractivity contribution in [1.82, 2.24) is 10.9 Å². The van der Waals surface area contributed by atoms with Gasteiger partial charge in [-0.25, -0.2) is 10.2 Å². The molecule has 0 unspecified atom stereocenters. The Kier molecular flexibility index (Phi) is 3.28. The van der Waals surface area contributed by atoms with Crippen molar-refractivity contribution in [3.63, 3.8) is 0 Å². The monoisotopic (exact) mass is 207 g/mol. The summed E-state index contributed by atoms with van der Waals surface area (Å²) in [4.78, 5) is 21.9. The fourth-order valence-electron chi connectivity index (χ4n) is 1.18. The number of primary amides is 1. The normalized spacial score (nSPS) is 9.47. The van der Waals surface area contributed by atoms with Crippen molar-refractivity contribution in [2.45, 2.75) is 13.8 Å². The van der Waals surface area contributed by atoms with Gasteiger partial charge >= 0.3 is 6.03 Å². The molecule has 80 valence electrons. The minimum absolute atomic E-state index is 0.380. The molecule has 0 aromatic heterocycles. The second-order valence-corrected chi connectivity index (χ2v) is 3.19. The lowest BCUT2D eigenvalue weighted by molar-refractivity contribution is 0.0936. The van der Waals surface area contributed by atoms with Crippen molar-refractivity contribution in [3.8, 4) is 0 Å². The molecule has 0 aliphatic rings. The Morgan fingerprint density at radius 3 is 2.47 bits per heavy atom. The molecule has 0 spiro atoms. The van der Waals surface area contributed by atoms with Gasteiger partial charge in [0.2, 0.25) is 0 Å². The lowest BCUT2D eigenvalue weighted by Crippen LogP contribution is -2.44. The number of carbonyl (C=O) groups excluding carboxylic acids is 2. The van der Waals surface area contributed by atoms with E-state index in [-0.39, 0.29) is 5.91 Å². The van der Waals surface area contributed by atoms with E-state index in [9.17, 15) is 9.59 Å². The summed E-state index contributed by atoms with van der Waals surface area (Å²) in [6, 6.07) is 4.57. The summed E-state index contributed by atoms with van der Waals surface area (Å²) < 4.78 is 0. The molecule has 0 atom stereocenters. The van der Waals surface area contributed by atoms with E-state index in [4.69, 9.17) is 5.73 Å². The Balaban J connectivity index is 2.82. The number of carbonyl (C=O) groups is 2. The molecule has 5 heteroatoms. The molecule has 4 N–H and O–H groups in total. The quantitative estimate of drug-likeness (QED) is 0.590. The van der Waals surface area contributed by atoms with Crippen LogP contribution in [-0.2, 0) is 0 Å². The SMILES string of the molecule is Cc1cccc(C(=O)NNC(N)=O)c1C. The Morgan fingerprint density at radius 1 is 1.20 bits per heavy atom. The van der Waals surface area contributed by atoms with Gasteiger partial charge in [-0.1, -0.05) is 12.1 Å². The highest BCUT2D eigenvalue weighted by Gasteiger charge is 2.09. The number of hydrogen-bond acceptors (Lipinski definition) is 2. The van der Waals surface area contributed by atoms with E-state index in [1.807, 2.05) is 25.3 Å². The molecule has 0 saturated heterocycles. The van der Waals surface area contributed by atoms with E-state index in [1.54, 1.807) is 12.1 Å². The van der Waals surface area contributed by atoms with Crippen molar-refractivity contribution in [2.75, 3.05) is 0 Å². The number of nitrogens with one attached hydrogen (secondary N) is 2. The van der Waals surface area contributed by atoms with Crippen molar-refractivity contribution in [1.29, 1.82) is 0 Å². The van der Waals surface area contributed by atoms with Gasteiger partial charge < -0.3 is 5.73 Å². The number of hydrogen-bond donors (Lipinski definition) is 3. The Bertz CT molecular complexity index is 402. The van der Waals surface area contributed by atoms with E-state index in [0.29, 0.717) is 5.56 Å². The molecule has 1 rings (SSSR count). The predicted octanol–water partition coefficient (Wildman–Crippen LogP) is 0.617. The largest absolute Gasteiger partial charge is 0.350 e. The number of nitrogens with two attached hydrogens (primary N) is 1. The van der Waals surface area contributed by atoms with Crippen LogP contribution in [0.2, 0.25) is 0 Å². The molecular formula is C10H13N3O2. The lowest BCUT2D eigenvalue weighted by atomic mass is 10.0. The van der Waals surface area contributed by atoms with E-state index >= 15 is 0 Å². The molecule has 15 heavy (non-hydrogen) atoms. The number of aryl methyl sites for hydroxylation is 1. The van der Waals surface area contributed by atoms with Gasteiger partial charge in [-0.2, -0.15) is 0 Å². The molecule has 0 aliphatic carbocycles. The summed E-state index contributed by atoms with van der Waals surface area (Å²) >= 11 is 0. The Hall–Kier alpha value is -2.04. The van der Waals surface area contributed by atoms with Crippen LogP contribution in [-0.4, -0.2) is 11.9 Å². The van der Waals surface area contributed by atoms with Crippen LogP contribution in [0.25, 0.3) is 0 Å². The summed E-state index contributed by atoms with van der Waals surface area (Å²) in [5.74, 6) is -0.380. The maximum Gasteiger partial charge on any atom is 0.330 e. The average molecular weight is 207 g/mol. The van der Waals surface area contributed by atoms with Crippen LogP contribution in [0.3, 0.4) is 0 Å². The minimum Gasteiger partial charge on any atom is -0.350 e. The van der Waals surface area contributed by atoms with Crippen LogP contribution in [0.1, 0.15) is 21.5 Å². The molecule has 1 aromatic carbocycles. The van der Waals surface area contributed by atoms with Crippen molar-refractivity contribution in [3.05, 3.63) is 34.9 Å². The van der Waals surface area contributed by atoms with Gasteiger partial charge in [-0.05, 0) is 31.0 Å². The number of amides is 3. The van der Waals surface area contributed by atoms with Crippen LogP contribution in [0, 0.1) is 13.8 Å². The smallest absolute Gasteiger partial charge is 0.330 e. The molecule has 0 bridgehead atoms. The zero-order chi connectivity index (χ0) is 11.4. The minimum atomic E-state index is -0.798. The third-order valence-corrected chi connectivity index (χ3v) is 2.15. The first-order valence-electron chi connectivity index (χ1n) is 4.44. The summed E-state index contributed by atoms with van der Waals surface area (Å²) in [5, 5.41) is 0. The number of benzene rings is 1. The van der Waals surface area contributed by atoms with E-state index < -0.39 is 6.03 Å². The van der Waals surface area contributed by atoms with Gasteiger partial charge in [-0.3, -0.25) is 10.2 Å². The third-order valence-electron chi connectivity index (χ3n) is 2.15. The molecule has 0 aliphatic heterocycles. The van der Waals surface area contributed by atoms with Crippen molar-refractivity contribution >= 4 is 11.9 Å². The second kappa shape index (κ2) is 4.45. The fourth-order valence-corrected chi connectivity index (χ4v) is 1.18. The van der Waals surface area contributed by atoms with Crippen LogP contribution < -0.4 is 16.6 Å². The summed E-state index contributed by atoms with van der Waals surface area (Å²) in [5.41, 5.74) is 11.5. The predicted molar refractivity (Wildman–Crippen MR) is 56.1 cm³/mol. The molecule has 0 saturated carbocycles. The van der Waals surface area contributed by atoms with Gasteiger partial charge in [-0.15, -0.1) is 0 Å². The van der Waals surface area contributed by atoms with Gasteiger partial charge in [0.1, 0.15) is 0 Å². The molecule has 1 aromatic rings. The molecular weight excluding hydrogens is 194 g/mol. The second-order valence-electron chi connectivity index (χ2n) is 3.19. The number of urea groups is 1. The first-order valence-corrected chi connectivity index (χ1v) is 4.44. The van der Waals surface area contributed by atoms with Gasteiger partial charge in [0.25, 0.3) is 5.91 Å². The van der Waals surface area contributed by atoms with Crippen LogP contribution in [0.4, 0.5) is 4.79 Å². The molecule has 3 amide bonds. The average Bonchev–Trinajstić information content (AvgIpc) is 2.18. The topological polar surface area (TPSA) is 84.2 Å². The standard InChI is InChI=1S/C10H13N3O2/c1-6-4-3-5-8(7(6)2)9(14)12-13-10(11)15/h3-5H,1-2H3,(H,12,14)(H3,11,13,15). The maximum atomic E-state index is 11.5. The van der Waals surface area contributed by atoms with Crippen LogP contribution in [0.15, 0.2) is 18.2 Å². The fraction of sp³-hybridized carbons (Fsp3) is 0.200. The van der Waals surface area contributed by atoms with Gasteiger partial charge in [0.15, 0.2) is 0 Å². The number of hydrazine groups is 1. The van der Waals surface area contributed by atoms with Crippen LogP contribution in [0.5, 0.6) is 0 Å². The summed E-state index contributed by atoms with van der Waals surface area (Å²) in [6.07, 6.45) is 0.